The first-order valence-electron chi connectivity index (χ1n) is 6.89. The Kier molecular flexibility index (Phi) is 4.17. The highest BCUT2D eigenvalue weighted by molar-refractivity contribution is 7.18. The summed E-state index contributed by atoms with van der Waals surface area (Å²) in [5.74, 6) is 0. The van der Waals surface area contributed by atoms with Crippen LogP contribution in [0, 0.1) is 0 Å². The van der Waals surface area contributed by atoms with E-state index in [1.54, 1.807) is 18.4 Å². The van der Waals surface area contributed by atoms with Crippen LogP contribution in [0.1, 0.15) is 18.0 Å². The number of methoxy groups -OCH3 is 1. The van der Waals surface area contributed by atoms with Crippen molar-refractivity contribution in [1.29, 1.82) is 0 Å². The molecule has 1 N–H and O–H groups in total. The number of rotatable bonds is 6. The summed E-state index contributed by atoms with van der Waals surface area (Å²) in [6.45, 7) is 3.53. The first-order chi connectivity index (χ1) is 10.3. The van der Waals surface area contributed by atoms with Crippen LogP contribution in [0.4, 0.5) is 5.69 Å². The fraction of sp³-hybridized carbons (Fsp3) is 0.333. The van der Waals surface area contributed by atoms with Crippen molar-refractivity contribution in [3.63, 3.8) is 0 Å². The average Bonchev–Trinajstić information content (AvgIpc) is 3.11. The number of nitrogens with zero attached hydrogens (tertiary/aromatic N) is 3. The third-order valence-corrected chi connectivity index (χ3v) is 4.44. The molecule has 2 aromatic heterocycles. The van der Waals surface area contributed by atoms with Gasteiger partial charge < -0.3 is 10.1 Å². The summed E-state index contributed by atoms with van der Waals surface area (Å²) in [5, 5.41) is 8.82. The zero-order valence-corrected chi connectivity index (χ0v) is 12.9. The lowest BCUT2D eigenvalue weighted by atomic mass is 10.3. The first-order valence-corrected chi connectivity index (χ1v) is 7.71. The van der Waals surface area contributed by atoms with Crippen LogP contribution < -0.4 is 5.32 Å². The monoisotopic (exact) mass is 302 g/mol. The summed E-state index contributed by atoms with van der Waals surface area (Å²) in [4.78, 5) is 4.67. The van der Waals surface area contributed by atoms with Crippen LogP contribution in [-0.4, -0.2) is 28.5 Å². The van der Waals surface area contributed by atoms with Gasteiger partial charge in [-0.2, -0.15) is 5.10 Å². The molecule has 0 spiro atoms. The van der Waals surface area contributed by atoms with E-state index in [0.717, 1.165) is 22.8 Å². The molecule has 0 fully saturated rings. The topological polar surface area (TPSA) is 52.0 Å². The standard InChI is InChI=1S/C15H18N4OS/c1-11(15-18-13-5-3-4-6-14(13)21-15)17-12-9-16-19(10-12)7-8-20-2/h3-6,9-11,17H,7-8H2,1-2H3. The third-order valence-electron chi connectivity index (χ3n) is 3.22. The number of benzene rings is 1. The zero-order chi connectivity index (χ0) is 14.7. The van der Waals surface area contributed by atoms with Gasteiger partial charge in [-0.05, 0) is 19.1 Å². The number of ether oxygens (including phenoxy) is 1. The van der Waals surface area contributed by atoms with Crippen molar-refractivity contribution in [3.8, 4) is 0 Å². The predicted octanol–water partition coefficient (Wildman–Crippen LogP) is 3.31. The van der Waals surface area contributed by atoms with Crippen LogP contribution in [-0.2, 0) is 11.3 Å². The SMILES string of the molecule is COCCn1cc(NC(C)c2nc3ccccc3s2)cn1. The average molecular weight is 302 g/mol. The van der Waals surface area contributed by atoms with E-state index in [1.165, 1.54) is 4.70 Å². The number of anilines is 1. The molecule has 6 heteroatoms. The van der Waals surface area contributed by atoms with Gasteiger partial charge in [0.2, 0.25) is 0 Å². The molecule has 1 aromatic carbocycles. The minimum atomic E-state index is 0.155. The molecule has 0 aliphatic heterocycles. The van der Waals surface area contributed by atoms with Gasteiger partial charge in [0.15, 0.2) is 0 Å². The summed E-state index contributed by atoms with van der Waals surface area (Å²) in [7, 11) is 1.69. The molecule has 21 heavy (non-hydrogen) atoms. The molecule has 0 saturated heterocycles. The van der Waals surface area contributed by atoms with Gasteiger partial charge in [0, 0.05) is 13.3 Å². The molecule has 2 heterocycles. The third kappa shape index (κ3) is 3.22. The Labute approximate surface area is 127 Å². The number of nitrogens with one attached hydrogen (secondary N) is 1. The largest absolute Gasteiger partial charge is 0.383 e. The van der Waals surface area contributed by atoms with Gasteiger partial charge in [0.25, 0.3) is 0 Å². The molecular formula is C15H18N4OS. The van der Waals surface area contributed by atoms with E-state index in [-0.39, 0.29) is 6.04 Å². The lowest BCUT2D eigenvalue weighted by Crippen LogP contribution is -2.06. The summed E-state index contributed by atoms with van der Waals surface area (Å²) < 4.78 is 8.14. The van der Waals surface area contributed by atoms with Gasteiger partial charge in [0.1, 0.15) is 5.01 Å². The summed E-state index contributed by atoms with van der Waals surface area (Å²) >= 11 is 1.72. The van der Waals surface area contributed by atoms with Crippen LogP contribution in [0.25, 0.3) is 10.2 Å². The predicted molar refractivity (Wildman–Crippen MR) is 85.8 cm³/mol. The molecule has 3 aromatic rings. The quantitative estimate of drug-likeness (QED) is 0.759. The van der Waals surface area contributed by atoms with E-state index < -0.39 is 0 Å². The smallest absolute Gasteiger partial charge is 0.116 e. The van der Waals surface area contributed by atoms with Crippen LogP contribution in [0.2, 0.25) is 0 Å². The molecule has 0 amide bonds. The van der Waals surface area contributed by atoms with Crippen LogP contribution in [0.3, 0.4) is 0 Å². The lowest BCUT2D eigenvalue weighted by molar-refractivity contribution is 0.183. The number of hydrogen-bond donors (Lipinski definition) is 1. The number of para-hydroxylation sites is 1. The fourth-order valence-electron chi connectivity index (χ4n) is 2.13. The van der Waals surface area contributed by atoms with E-state index in [2.05, 4.69) is 28.4 Å². The van der Waals surface area contributed by atoms with E-state index in [9.17, 15) is 0 Å². The van der Waals surface area contributed by atoms with Gasteiger partial charge in [-0.25, -0.2) is 4.98 Å². The number of hydrogen-bond acceptors (Lipinski definition) is 5. The highest BCUT2D eigenvalue weighted by atomic mass is 32.1. The summed E-state index contributed by atoms with van der Waals surface area (Å²) in [6.07, 6.45) is 3.82. The Morgan fingerprint density at radius 2 is 2.24 bits per heavy atom. The Morgan fingerprint density at radius 3 is 3.05 bits per heavy atom. The molecule has 0 aliphatic rings. The molecule has 1 atom stereocenters. The normalized spacial score (nSPS) is 12.7. The minimum Gasteiger partial charge on any atom is -0.383 e. The van der Waals surface area contributed by atoms with Crippen LogP contribution in [0.15, 0.2) is 36.7 Å². The fourth-order valence-corrected chi connectivity index (χ4v) is 3.10. The van der Waals surface area contributed by atoms with E-state index in [1.807, 2.05) is 35.3 Å². The van der Waals surface area contributed by atoms with Crippen molar-refractivity contribution < 1.29 is 4.74 Å². The minimum absolute atomic E-state index is 0.155. The molecular weight excluding hydrogens is 284 g/mol. The Balaban J connectivity index is 1.70. The highest BCUT2D eigenvalue weighted by Gasteiger charge is 2.12. The molecule has 1 unspecified atom stereocenters. The Hall–Kier alpha value is -1.92. The first kappa shape index (κ1) is 14.0. The van der Waals surface area contributed by atoms with Crippen LogP contribution >= 0.6 is 11.3 Å². The van der Waals surface area contributed by atoms with E-state index in [4.69, 9.17) is 4.74 Å². The van der Waals surface area contributed by atoms with Crippen LogP contribution in [0.5, 0.6) is 0 Å². The highest BCUT2D eigenvalue weighted by Crippen LogP contribution is 2.28. The maximum atomic E-state index is 5.05. The lowest BCUT2D eigenvalue weighted by Gasteiger charge is -2.10. The maximum Gasteiger partial charge on any atom is 0.116 e. The van der Waals surface area contributed by atoms with Gasteiger partial charge >= 0.3 is 0 Å². The van der Waals surface area contributed by atoms with Gasteiger partial charge in [-0.3, -0.25) is 4.68 Å². The second kappa shape index (κ2) is 6.24. The number of fused-ring (bicyclic) bond motifs is 1. The Morgan fingerprint density at radius 1 is 1.38 bits per heavy atom. The van der Waals surface area contributed by atoms with Crippen molar-refractivity contribution >= 4 is 27.2 Å². The van der Waals surface area contributed by atoms with Crippen molar-refractivity contribution in [3.05, 3.63) is 41.7 Å². The second-order valence-electron chi connectivity index (χ2n) is 4.87. The summed E-state index contributed by atoms with van der Waals surface area (Å²) in [5.41, 5.74) is 2.06. The molecule has 110 valence electrons. The van der Waals surface area contributed by atoms with Gasteiger partial charge in [0.05, 0.1) is 41.3 Å². The van der Waals surface area contributed by atoms with E-state index in [0.29, 0.717) is 6.61 Å². The Bertz CT molecular complexity index is 688. The number of thiazole rings is 1. The maximum absolute atomic E-state index is 5.05. The molecule has 0 saturated carbocycles. The van der Waals surface area contributed by atoms with Crippen molar-refractivity contribution in [2.75, 3.05) is 19.0 Å². The molecule has 5 nitrogen and oxygen atoms in total. The van der Waals surface area contributed by atoms with Crippen molar-refractivity contribution in [2.45, 2.75) is 19.5 Å². The summed E-state index contributed by atoms with van der Waals surface area (Å²) in [6, 6.07) is 8.37. The zero-order valence-electron chi connectivity index (χ0n) is 12.1. The second-order valence-corrected chi connectivity index (χ2v) is 5.93. The molecule has 0 aliphatic carbocycles. The van der Waals surface area contributed by atoms with Crippen molar-refractivity contribution in [1.82, 2.24) is 14.8 Å². The van der Waals surface area contributed by atoms with Crippen molar-refractivity contribution in [2.24, 2.45) is 0 Å². The van der Waals surface area contributed by atoms with E-state index >= 15 is 0 Å². The number of aromatic nitrogens is 3. The molecule has 0 radical (unpaired) electrons. The van der Waals surface area contributed by atoms with Gasteiger partial charge in [-0.15, -0.1) is 11.3 Å². The molecule has 0 bridgehead atoms. The van der Waals surface area contributed by atoms with Gasteiger partial charge in [-0.1, -0.05) is 12.1 Å². The molecule has 3 rings (SSSR count).